The summed E-state index contributed by atoms with van der Waals surface area (Å²) in [5.41, 5.74) is 0.509. The van der Waals surface area contributed by atoms with Crippen molar-refractivity contribution in [2.45, 2.75) is 0 Å². The quantitative estimate of drug-likeness (QED) is 0.309. The molecule has 10 heteroatoms. The Hall–Kier alpha value is -2.29. The van der Waals surface area contributed by atoms with E-state index in [1.54, 1.807) is 0 Å². The molecule has 0 aliphatic carbocycles. The van der Waals surface area contributed by atoms with E-state index in [0.717, 1.165) is 0 Å². The Labute approximate surface area is 152 Å². The highest BCUT2D eigenvalue weighted by Gasteiger charge is 2.14. The number of nitro benzene ring substituents is 1. The zero-order chi connectivity index (χ0) is 17.9. The van der Waals surface area contributed by atoms with E-state index in [-0.39, 0.29) is 33.0 Å². The molecule has 0 amide bonds. The van der Waals surface area contributed by atoms with Crippen LogP contribution in [0.1, 0.15) is 0 Å². The van der Waals surface area contributed by atoms with Gasteiger partial charge in [-0.3, -0.25) is 10.1 Å². The monoisotopic (exact) mass is 387 g/mol. The van der Waals surface area contributed by atoms with Gasteiger partial charge >= 0.3 is 0 Å². The molecule has 2 rings (SSSR count). The Bertz CT molecular complexity index is 817. The summed E-state index contributed by atoms with van der Waals surface area (Å²) >= 11 is 16.9. The van der Waals surface area contributed by atoms with E-state index in [1.807, 2.05) is 0 Å². The molecule has 3 N–H and O–H groups in total. The first-order valence-electron chi connectivity index (χ1n) is 6.40. The van der Waals surface area contributed by atoms with Crippen LogP contribution < -0.4 is 15.4 Å². The maximum Gasteiger partial charge on any atom is 0.273 e. The van der Waals surface area contributed by atoms with Crippen molar-refractivity contribution in [3.8, 4) is 11.5 Å². The highest BCUT2D eigenvalue weighted by atomic mass is 35.5. The minimum absolute atomic E-state index is 0.0701. The van der Waals surface area contributed by atoms with Gasteiger partial charge in [0, 0.05) is 11.1 Å². The van der Waals surface area contributed by atoms with E-state index >= 15 is 0 Å². The molecule has 2 aromatic carbocycles. The predicted molar refractivity (Wildman–Crippen MR) is 97.6 cm³/mol. The number of anilines is 2. The predicted octanol–water partition coefficient (Wildman–Crippen LogP) is 4.42. The summed E-state index contributed by atoms with van der Waals surface area (Å²) < 4.78 is 5.10. The third-order valence-corrected chi connectivity index (χ3v) is 3.63. The second kappa shape index (κ2) is 7.52. The fraction of sp³-hybridized carbons (Fsp3) is 0.0714. The SMILES string of the molecule is COc1cc([N+](=O)[O-])ccc1NC(=S)Nc1cc(Cl)cc(Cl)c1O. The van der Waals surface area contributed by atoms with Crippen LogP contribution in [-0.4, -0.2) is 22.3 Å². The van der Waals surface area contributed by atoms with E-state index in [2.05, 4.69) is 10.6 Å². The lowest BCUT2D eigenvalue weighted by Crippen LogP contribution is -2.19. The molecule has 0 saturated carbocycles. The molecule has 7 nitrogen and oxygen atoms in total. The number of aromatic hydroxyl groups is 1. The molecule has 0 aliphatic rings. The Balaban J connectivity index is 2.20. The van der Waals surface area contributed by atoms with Gasteiger partial charge in [0.2, 0.25) is 0 Å². The van der Waals surface area contributed by atoms with Crippen molar-refractivity contribution < 1.29 is 14.8 Å². The van der Waals surface area contributed by atoms with Crippen LogP contribution in [0.15, 0.2) is 30.3 Å². The second-order valence-electron chi connectivity index (χ2n) is 4.50. The average Bonchev–Trinajstić information content (AvgIpc) is 2.52. The Kier molecular flexibility index (Phi) is 5.66. The number of non-ortho nitro benzene ring substituents is 1. The lowest BCUT2D eigenvalue weighted by Gasteiger charge is -2.14. The van der Waals surface area contributed by atoms with Crippen molar-refractivity contribution in [3.63, 3.8) is 0 Å². The van der Waals surface area contributed by atoms with E-state index in [4.69, 9.17) is 40.2 Å². The minimum Gasteiger partial charge on any atom is -0.504 e. The minimum atomic E-state index is -0.533. The third-order valence-electron chi connectivity index (χ3n) is 2.92. The number of rotatable bonds is 4. The standard InChI is InChI=1S/C14H11Cl2N3O4S/c1-23-12-6-8(19(21)22)2-3-10(12)17-14(24)18-11-5-7(15)4-9(16)13(11)20/h2-6,20H,1H3,(H2,17,18,24). The van der Waals surface area contributed by atoms with Crippen molar-refractivity contribution in [1.29, 1.82) is 0 Å². The molecule has 0 atom stereocenters. The zero-order valence-electron chi connectivity index (χ0n) is 12.2. The Morgan fingerprint density at radius 3 is 2.54 bits per heavy atom. The smallest absolute Gasteiger partial charge is 0.273 e. The van der Waals surface area contributed by atoms with Crippen LogP contribution in [0.2, 0.25) is 10.0 Å². The highest BCUT2D eigenvalue weighted by molar-refractivity contribution is 7.80. The molecule has 126 valence electrons. The summed E-state index contributed by atoms with van der Waals surface area (Å²) in [7, 11) is 1.38. The maximum atomic E-state index is 10.8. The van der Waals surface area contributed by atoms with E-state index in [0.29, 0.717) is 10.7 Å². The summed E-state index contributed by atoms with van der Waals surface area (Å²) in [5, 5.41) is 26.7. The van der Waals surface area contributed by atoms with Gasteiger partial charge in [-0.2, -0.15) is 0 Å². The first-order chi connectivity index (χ1) is 11.3. The fourth-order valence-electron chi connectivity index (χ4n) is 1.83. The summed E-state index contributed by atoms with van der Waals surface area (Å²) in [6, 6.07) is 6.86. The van der Waals surface area contributed by atoms with Crippen LogP contribution >= 0.6 is 35.4 Å². The molecule has 0 aliphatic heterocycles. The van der Waals surface area contributed by atoms with Crippen LogP contribution in [0, 0.1) is 10.1 Å². The maximum absolute atomic E-state index is 10.8. The number of nitrogens with zero attached hydrogens (tertiary/aromatic N) is 1. The molecular formula is C14H11Cl2N3O4S. The number of thiocarbonyl (C=S) groups is 1. The van der Waals surface area contributed by atoms with Crippen LogP contribution in [0.4, 0.5) is 17.1 Å². The number of methoxy groups -OCH3 is 1. The van der Waals surface area contributed by atoms with E-state index in [1.165, 1.54) is 37.4 Å². The summed E-state index contributed by atoms with van der Waals surface area (Å²) in [5.74, 6) is 0.0302. The van der Waals surface area contributed by atoms with Gasteiger partial charge in [-0.25, -0.2) is 0 Å². The Morgan fingerprint density at radius 1 is 1.25 bits per heavy atom. The highest BCUT2D eigenvalue weighted by Crippen LogP contribution is 2.35. The molecule has 0 radical (unpaired) electrons. The molecule has 0 saturated heterocycles. The lowest BCUT2D eigenvalue weighted by molar-refractivity contribution is -0.384. The number of nitro groups is 1. The van der Waals surface area contributed by atoms with Crippen LogP contribution in [0.3, 0.4) is 0 Å². The number of hydrogen-bond acceptors (Lipinski definition) is 5. The number of nitrogens with one attached hydrogen (secondary N) is 2. The van der Waals surface area contributed by atoms with Crippen molar-refractivity contribution >= 4 is 57.6 Å². The molecule has 0 heterocycles. The number of benzene rings is 2. The molecule has 0 bridgehead atoms. The van der Waals surface area contributed by atoms with Crippen LogP contribution in [0.25, 0.3) is 0 Å². The van der Waals surface area contributed by atoms with Gasteiger partial charge in [0.1, 0.15) is 5.75 Å². The molecular weight excluding hydrogens is 377 g/mol. The first-order valence-corrected chi connectivity index (χ1v) is 7.56. The second-order valence-corrected chi connectivity index (χ2v) is 5.76. The van der Waals surface area contributed by atoms with Crippen molar-refractivity contribution in [3.05, 3.63) is 50.5 Å². The number of hydrogen-bond donors (Lipinski definition) is 3. The van der Waals surface area contributed by atoms with Gasteiger partial charge in [-0.15, -0.1) is 0 Å². The fourth-order valence-corrected chi connectivity index (χ4v) is 2.55. The summed E-state index contributed by atoms with van der Waals surface area (Å²) in [6.07, 6.45) is 0. The normalized spacial score (nSPS) is 10.1. The van der Waals surface area contributed by atoms with Gasteiger partial charge in [0.25, 0.3) is 5.69 Å². The van der Waals surface area contributed by atoms with Gasteiger partial charge < -0.3 is 20.5 Å². The summed E-state index contributed by atoms with van der Waals surface area (Å²) in [4.78, 5) is 10.3. The van der Waals surface area contributed by atoms with Crippen LogP contribution in [-0.2, 0) is 0 Å². The van der Waals surface area contributed by atoms with Crippen molar-refractivity contribution in [2.75, 3.05) is 17.7 Å². The van der Waals surface area contributed by atoms with Gasteiger partial charge in [0.15, 0.2) is 10.9 Å². The van der Waals surface area contributed by atoms with Gasteiger partial charge in [0.05, 0.1) is 34.5 Å². The van der Waals surface area contributed by atoms with Crippen molar-refractivity contribution in [2.24, 2.45) is 0 Å². The molecule has 0 aromatic heterocycles. The first kappa shape index (κ1) is 18.1. The average molecular weight is 388 g/mol. The molecule has 2 aromatic rings. The van der Waals surface area contributed by atoms with Crippen molar-refractivity contribution in [1.82, 2.24) is 0 Å². The number of phenolic OH excluding ortho intramolecular Hbond substituents is 1. The molecule has 0 spiro atoms. The van der Waals surface area contributed by atoms with E-state index in [9.17, 15) is 15.2 Å². The number of ether oxygens (including phenoxy) is 1. The topological polar surface area (TPSA) is 96.7 Å². The molecule has 0 fully saturated rings. The summed E-state index contributed by atoms with van der Waals surface area (Å²) in [6.45, 7) is 0. The van der Waals surface area contributed by atoms with Gasteiger partial charge in [-0.05, 0) is 30.4 Å². The number of phenols is 1. The third kappa shape index (κ3) is 4.16. The van der Waals surface area contributed by atoms with Gasteiger partial charge in [-0.1, -0.05) is 23.2 Å². The number of halogens is 2. The largest absolute Gasteiger partial charge is 0.504 e. The molecule has 0 unspecified atom stereocenters. The van der Waals surface area contributed by atoms with Crippen LogP contribution in [0.5, 0.6) is 11.5 Å². The molecule has 24 heavy (non-hydrogen) atoms. The zero-order valence-corrected chi connectivity index (χ0v) is 14.5. The Morgan fingerprint density at radius 2 is 1.92 bits per heavy atom. The van der Waals surface area contributed by atoms with E-state index < -0.39 is 4.92 Å². The lowest BCUT2D eigenvalue weighted by atomic mass is 10.2.